The summed E-state index contributed by atoms with van der Waals surface area (Å²) < 4.78 is 41.5. The highest BCUT2D eigenvalue weighted by Crippen LogP contribution is 2.36. The smallest absolute Gasteiger partial charge is 0.355 e. The maximum absolute atomic E-state index is 13.3. The lowest BCUT2D eigenvalue weighted by atomic mass is 9.96. The summed E-state index contributed by atoms with van der Waals surface area (Å²) in [5.74, 6) is -0.167. The van der Waals surface area contributed by atoms with Gasteiger partial charge in [0, 0.05) is 31.4 Å². The number of hydrogen-bond donors (Lipinski definition) is 1. The first-order valence-electron chi connectivity index (χ1n) is 8.89. The molecule has 146 valence electrons. The van der Waals surface area contributed by atoms with E-state index in [-0.39, 0.29) is 24.3 Å². The van der Waals surface area contributed by atoms with E-state index in [1.165, 1.54) is 12.3 Å². The first-order valence-corrected chi connectivity index (χ1v) is 8.89. The van der Waals surface area contributed by atoms with Gasteiger partial charge in [-0.15, -0.1) is 0 Å². The van der Waals surface area contributed by atoms with Crippen molar-refractivity contribution in [1.82, 2.24) is 14.8 Å². The molecule has 3 rings (SSSR count). The van der Waals surface area contributed by atoms with E-state index in [9.17, 15) is 18.0 Å². The van der Waals surface area contributed by atoms with Crippen molar-refractivity contribution >= 4 is 17.5 Å². The normalized spacial score (nSPS) is 18.0. The van der Waals surface area contributed by atoms with Crippen LogP contribution in [0, 0.1) is 5.92 Å². The monoisotopic (exact) mass is 381 g/mol. The Labute approximate surface area is 155 Å². The van der Waals surface area contributed by atoms with Gasteiger partial charge in [0.15, 0.2) is 0 Å². The van der Waals surface area contributed by atoms with Crippen molar-refractivity contribution in [3.8, 4) is 0 Å². The van der Waals surface area contributed by atoms with Crippen LogP contribution in [0.1, 0.15) is 38.3 Å². The molecule has 9 heteroatoms. The zero-order valence-corrected chi connectivity index (χ0v) is 15.2. The Kier molecular flexibility index (Phi) is 5.38. The number of hydrogen-bond acceptors (Lipinski definition) is 4. The number of anilines is 2. The number of piperidine rings is 1. The van der Waals surface area contributed by atoms with E-state index in [0.29, 0.717) is 25.2 Å². The molecule has 2 aromatic rings. The second-order valence-corrected chi connectivity index (χ2v) is 6.90. The third-order valence-corrected chi connectivity index (χ3v) is 4.59. The number of amides is 1. The minimum atomic E-state index is -4.48. The highest BCUT2D eigenvalue weighted by Gasteiger charge is 2.37. The van der Waals surface area contributed by atoms with Gasteiger partial charge in [-0.1, -0.05) is 0 Å². The molecule has 1 fully saturated rings. The van der Waals surface area contributed by atoms with Crippen molar-refractivity contribution in [2.24, 2.45) is 5.92 Å². The number of pyridine rings is 1. The highest BCUT2D eigenvalue weighted by molar-refractivity contribution is 5.92. The summed E-state index contributed by atoms with van der Waals surface area (Å²) in [6.07, 6.45) is -0.300. The quantitative estimate of drug-likeness (QED) is 0.877. The van der Waals surface area contributed by atoms with Crippen LogP contribution in [0.2, 0.25) is 0 Å². The van der Waals surface area contributed by atoms with Crippen LogP contribution in [0.25, 0.3) is 0 Å². The molecule has 0 spiro atoms. The number of carbonyl (C=O) groups is 1. The molecular formula is C18H22F3N5O. The standard InChI is InChI=1S/C18H22F3N5O/c1-12(2)26-15(7-9-23-26)24-17(27)13-5-4-10-25(11-13)16-14(18(19,20)21)6-3-8-22-16/h3,6-9,12-13H,4-5,10-11H2,1-2H3,(H,24,27). The molecule has 27 heavy (non-hydrogen) atoms. The van der Waals surface area contributed by atoms with Crippen LogP contribution in [0.5, 0.6) is 0 Å². The summed E-state index contributed by atoms with van der Waals surface area (Å²) in [6, 6.07) is 4.08. The number of halogens is 3. The largest absolute Gasteiger partial charge is 0.419 e. The second-order valence-electron chi connectivity index (χ2n) is 6.90. The van der Waals surface area contributed by atoms with Gasteiger partial charge in [-0.3, -0.25) is 4.79 Å². The molecule has 1 saturated heterocycles. The van der Waals surface area contributed by atoms with Crippen LogP contribution < -0.4 is 10.2 Å². The molecule has 0 aliphatic carbocycles. The Morgan fingerprint density at radius 3 is 2.78 bits per heavy atom. The minimum Gasteiger partial charge on any atom is -0.355 e. The van der Waals surface area contributed by atoms with E-state index in [2.05, 4.69) is 15.4 Å². The lowest BCUT2D eigenvalue weighted by Gasteiger charge is -2.34. The number of carbonyl (C=O) groups excluding carboxylic acids is 1. The van der Waals surface area contributed by atoms with E-state index < -0.39 is 17.7 Å². The van der Waals surface area contributed by atoms with Gasteiger partial charge >= 0.3 is 6.18 Å². The first-order chi connectivity index (χ1) is 12.8. The van der Waals surface area contributed by atoms with Crippen molar-refractivity contribution in [2.45, 2.75) is 38.9 Å². The van der Waals surface area contributed by atoms with Gasteiger partial charge in [0.25, 0.3) is 0 Å². The summed E-state index contributed by atoms with van der Waals surface area (Å²) in [4.78, 5) is 18.2. The van der Waals surface area contributed by atoms with Crippen LogP contribution in [0.3, 0.4) is 0 Å². The van der Waals surface area contributed by atoms with E-state index >= 15 is 0 Å². The molecule has 1 aliphatic rings. The Balaban J connectivity index is 1.75. The third-order valence-electron chi connectivity index (χ3n) is 4.59. The van der Waals surface area contributed by atoms with E-state index in [1.54, 1.807) is 21.8 Å². The molecule has 1 amide bonds. The summed E-state index contributed by atoms with van der Waals surface area (Å²) in [5.41, 5.74) is -0.774. The molecule has 1 N–H and O–H groups in total. The molecule has 3 heterocycles. The van der Waals surface area contributed by atoms with E-state index in [4.69, 9.17) is 0 Å². The van der Waals surface area contributed by atoms with Crippen molar-refractivity contribution in [3.63, 3.8) is 0 Å². The molecule has 2 aromatic heterocycles. The number of nitrogens with one attached hydrogen (secondary N) is 1. The Hall–Kier alpha value is -2.58. The van der Waals surface area contributed by atoms with Crippen LogP contribution in [-0.4, -0.2) is 33.8 Å². The van der Waals surface area contributed by atoms with Gasteiger partial charge in [-0.25, -0.2) is 9.67 Å². The summed E-state index contributed by atoms with van der Waals surface area (Å²) in [5, 5.41) is 7.02. The van der Waals surface area contributed by atoms with Crippen molar-refractivity contribution in [2.75, 3.05) is 23.3 Å². The lowest BCUT2D eigenvalue weighted by Crippen LogP contribution is -2.42. The van der Waals surface area contributed by atoms with Gasteiger partial charge in [0.1, 0.15) is 11.6 Å². The minimum absolute atomic E-state index is 0.0843. The number of rotatable bonds is 4. The van der Waals surface area contributed by atoms with Crippen molar-refractivity contribution in [1.29, 1.82) is 0 Å². The summed E-state index contributed by atoms with van der Waals surface area (Å²) in [6.45, 7) is 4.53. The summed E-state index contributed by atoms with van der Waals surface area (Å²) >= 11 is 0. The van der Waals surface area contributed by atoms with Crippen LogP contribution in [-0.2, 0) is 11.0 Å². The van der Waals surface area contributed by atoms with Gasteiger partial charge in [-0.05, 0) is 38.8 Å². The van der Waals surface area contributed by atoms with Crippen LogP contribution in [0.15, 0.2) is 30.6 Å². The molecule has 0 aromatic carbocycles. The highest BCUT2D eigenvalue weighted by atomic mass is 19.4. The predicted octanol–water partition coefficient (Wildman–Crippen LogP) is 3.73. The fraction of sp³-hybridized carbons (Fsp3) is 0.500. The molecule has 1 aliphatic heterocycles. The molecule has 0 radical (unpaired) electrons. The molecule has 6 nitrogen and oxygen atoms in total. The Bertz CT molecular complexity index is 802. The predicted molar refractivity (Wildman–Crippen MR) is 95.4 cm³/mol. The van der Waals surface area contributed by atoms with E-state index in [1.807, 2.05) is 13.8 Å². The molecule has 1 unspecified atom stereocenters. The average Bonchev–Trinajstić information content (AvgIpc) is 3.09. The maximum atomic E-state index is 13.3. The van der Waals surface area contributed by atoms with Crippen molar-refractivity contribution < 1.29 is 18.0 Å². The average molecular weight is 381 g/mol. The lowest BCUT2D eigenvalue weighted by molar-refractivity contribution is -0.137. The second kappa shape index (κ2) is 7.58. The van der Waals surface area contributed by atoms with Gasteiger partial charge in [0.2, 0.25) is 5.91 Å². The molecular weight excluding hydrogens is 359 g/mol. The zero-order valence-electron chi connectivity index (χ0n) is 15.2. The Morgan fingerprint density at radius 2 is 2.07 bits per heavy atom. The Morgan fingerprint density at radius 1 is 1.30 bits per heavy atom. The number of aromatic nitrogens is 3. The van der Waals surface area contributed by atoms with E-state index in [0.717, 1.165) is 6.07 Å². The summed E-state index contributed by atoms with van der Waals surface area (Å²) in [7, 11) is 0. The van der Waals surface area contributed by atoms with Gasteiger partial charge in [0.05, 0.1) is 17.7 Å². The number of alkyl halides is 3. The first kappa shape index (κ1) is 19.2. The third kappa shape index (κ3) is 4.23. The number of nitrogens with zero attached hydrogens (tertiary/aromatic N) is 4. The zero-order chi connectivity index (χ0) is 19.6. The topological polar surface area (TPSA) is 63.1 Å². The maximum Gasteiger partial charge on any atom is 0.419 e. The van der Waals surface area contributed by atoms with Crippen LogP contribution >= 0.6 is 0 Å². The molecule has 1 atom stereocenters. The van der Waals surface area contributed by atoms with Gasteiger partial charge < -0.3 is 10.2 Å². The van der Waals surface area contributed by atoms with Gasteiger partial charge in [-0.2, -0.15) is 18.3 Å². The SMILES string of the molecule is CC(C)n1nccc1NC(=O)C1CCCN(c2ncccc2C(F)(F)F)C1. The molecule has 0 bridgehead atoms. The molecule has 0 saturated carbocycles. The fourth-order valence-electron chi connectivity index (χ4n) is 3.31. The van der Waals surface area contributed by atoms with Crippen LogP contribution in [0.4, 0.5) is 24.8 Å². The fourth-order valence-corrected chi connectivity index (χ4v) is 3.31. The van der Waals surface area contributed by atoms with Crippen molar-refractivity contribution in [3.05, 3.63) is 36.2 Å².